The van der Waals surface area contributed by atoms with Crippen LogP contribution in [0, 0.1) is 11.2 Å². The smallest absolute Gasteiger partial charge is 0.257 e. The molecule has 2 fully saturated rings. The summed E-state index contributed by atoms with van der Waals surface area (Å²) in [7, 11) is 0. The Hall–Kier alpha value is -4.16. The summed E-state index contributed by atoms with van der Waals surface area (Å²) in [4.78, 5) is 29.3. The Morgan fingerprint density at radius 2 is 2.05 bits per heavy atom. The number of fused-ring (bicyclic) bond motifs is 2. The van der Waals surface area contributed by atoms with Gasteiger partial charge in [-0.25, -0.2) is 19.3 Å². The average Bonchev–Trinajstić information content (AvgIpc) is 3.69. The summed E-state index contributed by atoms with van der Waals surface area (Å²) >= 11 is 1.34. The standard InChI is InChI=1S/C28H26FN9OS/c29-20-8-18(17-3-4-23(32-10-17)37-14-28(15-37)12-30-13-28)9-21-19(20)11-38(35-21)25(26(39)34-27-31-5-7-40-27)24-22-2-1-6-36(22)16-33-24/h3-5,7-11,16,25,30H,1-2,6,12-15H2,(H,31,34,39). The summed E-state index contributed by atoms with van der Waals surface area (Å²) in [5.74, 6) is 0.218. The molecular formula is C28H26FN9OS. The van der Waals surface area contributed by atoms with E-state index in [2.05, 4.69) is 35.1 Å². The summed E-state index contributed by atoms with van der Waals surface area (Å²) in [5, 5.41) is 13.6. The molecule has 4 aromatic heterocycles. The third kappa shape index (κ3) is 3.81. The van der Waals surface area contributed by atoms with E-state index in [1.54, 1.807) is 30.3 Å². The maximum atomic E-state index is 15.5. The Morgan fingerprint density at radius 3 is 2.80 bits per heavy atom. The van der Waals surface area contributed by atoms with Crippen molar-refractivity contribution in [3.8, 4) is 11.1 Å². The van der Waals surface area contributed by atoms with Gasteiger partial charge in [0.2, 0.25) is 0 Å². The van der Waals surface area contributed by atoms with Gasteiger partial charge in [0.05, 0.1) is 22.9 Å². The van der Waals surface area contributed by atoms with Crippen LogP contribution in [0.2, 0.25) is 0 Å². The van der Waals surface area contributed by atoms with Gasteiger partial charge in [0.1, 0.15) is 11.6 Å². The lowest BCUT2D eigenvalue weighted by atomic mass is 9.74. The zero-order valence-electron chi connectivity index (χ0n) is 21.5. The van der Waals surface area contributed by atoms with E-state index in [1.165, 1.54) is 22.1 Å². The van der Waals surface area contributed by atoms with Crippen LogP contribution in [0.15, 0.2) is 54.6 Å². The van der Waals surface area contributed by atoms with Crippen molar-refractivity contribution in [3.63, 3.8) is 0 Å². The maximum absolute atomic E-state index is 15.5. The molecule has 1 unspecified atom stereocenters. The number of nitrogens with zero attached hydrogens (tertiary/aromatic N) is 7. The zero-order chi connectivity index (χ0) is 26.8. The number of hydrogen-bond donors (Lipinski definition) is 2. The third-order valence-corrected chi connectivity index (χ3v) is 8.96. The maximum Gasteiger partial charge on any atom is 0.257 e. The highest BCUT2D eigenvalue weighted by molar-refractivity contribution is 7.13. The number of nitrogens with one attached hydrogen (secondary N) is 2. The van der Waals surface area contributed by atoms with E-state index in [1.807, 2.05) is 18.2 Å². The number of halogens is 1. The molecule has 1 atom stereocenters. The molecule has 5 aromatic rings. The number of pyridine rings is 1. The van der Waals surface area contributed by atoms with Crippen LogP contribution in [0.5, 0.6) is 0 Å². The fraction of sp³-hybridized carbons (Fsp3) is 0.321. The Morgan fingerprint density at radius 1 is 1.15 bits per heavy atom. The van der Waals surface area contributed by atoms with Gasteiger partial charge in [0.25, 0.3) is 5.91 Å². The van der Waals surface area contributed by atoms with Gasteiger partial charge in [-0.3, -0.25) is 14.8 Å². The van der Waals surface area contributed by atoms with Gasteiger partial charge < -0.3 is 14.8 Å². The first kappa shape index (κ1) is 23.7. The number of hydrogen-bond acceptors (Lipinski definition) is 8. The molecule has 2 saturated heterocycles. The van der Waals surface area contributed by atoms with Crippen LogP contribution in [-0.2, 0) is 17.8 Å². The number of aryl methyl sites for hydroxylation is 1. The topological polar surface area (TPSA) is 106 Å². The first-order chi connectivity index (χ1) is 19.6. The van der Waals surface area contributed by atoms with Crippen molar-refractivity contribution < 1.29 is 9.18 Å². The van der Waals surface area contributed by atoms with Crippen LogP contribution in [0.4, 0.5) is 15.3 Å². The van der Waals surface area contributed by atoms with Crippen LogP contribution >= 0.6 is 11.3 Å². The predicted octanol–water partition coefficient (Wildman–Crippen LogP) is 3.47. The number of benzene rings is 1. The summed E-state index contributed by atoms with van der Waals surface area (Å²) in [6, 6.07) is 6.45. The number of thiazole rings is 1. The fourth-order valence-electron chi connectivity index (χ4n) is 6.13. The Labute approximate surface area is 232 Å². The average molecular weight is 556 g/mol. The normalized spacial score (nSPS) is 18.0. The predicted molar refractivity (Wildman–Crippen MR) is 150 cm³/mol. The quantitative estimate of drug-likeness (QED) is 0.331. The molecule has 202 valence electrons. The van der Waals surface area contributed by atoms with Gasteiger partial charge >= 0.3 is 0 Å². The van der Waals surface area contributed by atoms with Crippen LogP contribution < -0.4 is 15.5 Å². The fourth-order valence-corrected chi connectivity index (χ4v) is 6.66. The second-order valence-corrected chi connectivity index (χ2v) is 11.9. The van der Waals surface area contributed by atoms with Crippen molar-refractivity contribution in [2.45, 2.75) is 25.4 Å². The molecule has 3 aliphatic rings. The molecule has 2 N–H and O–H groups in total. The first-order valence-electron chi connectivity index (χ1n) is 13.4. The van der Waals surface area contributed by atoms with E-state index in [-0.39, 0.29) is 5.91 Å². The third-order valence-electron chi connectivity index (χ3n) is 8.28. The van der Waals surface area contributed by atoms with Crippen molar-refractivity contribution in [2.75, 3.05) is 36.4 Å². The highest BCUT2D eigenvalue weighted by atomic mass is 32.1. The summed E-state index contributed by atoms with van der Waals surface area (Å²) in [6.07, 6.45) is 8.60. The minimum absolute atomic E-state index is 0.318. The number of carbonyl (C=O) groups is 1. The van der Waals surface area contributed by atoms with E-state index in [9.17, 15) is 4.79 Å². The lowest BCUT2D eigenvalue weighted by molar-refractivity contribution is -0.118. The van der Waals surface area contributed by atoms with E-state index in [4.69, 9.17) is 5.10 Å². The molecule has 0 radical (unpaired) electrons. The Balaban J connectivity index is 1.12. The summed E-state index contributed by atoms with van der Waals surface area (Å²) < 4.78 is 19.1. The van der Waals surface area contributed by atoms with Gasteiger partial charge in [-0.2, -0.15) is 5.10 Å². The largest absolute Gasteiger partial charge is 0.355 e. The number of anilines is 2. The van der Waals surface area contributed by atoms with Crippen molar-refractivity contribution in [3.05, 3.63) is 71.8 Å². The van der Waals surface area contributed by atoms with Gasteiger partial charge in [-0.1, -0.05) is 0 Å². The molecule has 0 saturated carbocycles. The number of carbonyl (C=O) groups excluding carboxylic acids is 1. The van der Waals surface area contributed by atoms with E-state index >= 15 is 4.39 Å². The van der Waals surface area contributed by atoms with E-state index in [0.29, 0.717) is 32.7 Å². The van der Waals surface area contributed by atoms with Crippen molar-refractivity contribution in [1.29, 1.82) is 0 Å². The van der Waals surface area contributed by atoms with Crippen molar-refractivity contribution in [1.82, 2.24) is 34.6 Å². The van der Waals surface area contributed by atoms with Crippen LogP contribution in [0.1, 0.15) is 23.9 Å². The molecule has 1 amide bonds. The molecule has 1 spiro atoms. The van der Waals surface area contributed by atoms with Gasteiger partial charge in [0, 0.05) is 73.4 Å². The highest BCUT2D eigenvalue weighted by Crippen LogP contribution is 2.37. The second-order valence-electron chi connectivity index (χ2n) is 11.0. The van der Waals surface area contributed by atoms with Crippen LogP contribution in [-0.4, -0.2) is 61.4 Å². The number of amides is 1. The zero-order valence-corrected chi connectivity index (χ0v) is 22.4. The monoisotopic (exact) mass is 555 g/mol. The Bertz CT molecular complexity index is 1730. The molecule has 7 heterocycles. The van der Waals surface area contributed by atoms with E-state index in [0.717, 1.165) is 62.6 Å². The molecular weight excluding hydrogens is 529 g/mol. The minimum Gasteiger partial charge on any atom is -0.355 e. The Kier molecular flexibility index (Phi) is 5.29. The van der Waals surface area contributed by atoms with Crippen LogP contribution in [0.3, 0.4) is 0 Å². The highest BCUT2D eigenvalue weighted by Gasteiger charge is 2.47. The van der Waals surface area contributed by atoms with Crippen molar-refractivity contribution >= 4 is 39.1 Å². The first-order valence-corrected chi connectivity index (χ1v) is 14.3. The lowest BCUT2D eigenvalue weighted by Crippen LogP contribution is -2.71. The summed E-state index contributed by atoms with van der Waals surface area (Å²) in [6.45, 7) is 5.04. The number of rotatable bonds is 6. The van der Waals surface area contributed by atoms with E-state index < -0.39 is 11.9 Å². The molecule has 12 heteroatoms. The van der Waals surface area contributed by atoms with Crippen molar-refractivity contribution in [2.24, 2.45) is 5.41 Å². The number of aromatic nitrogens is 6. The molecule has 3 aliphatic heterocycles. The molecule has 1 aromatic carbocycles. The SMILES string of the molecule is O=C(Nc1nccs1)C(c1ncn2c1CCC2)n1cc2c(F)cc(-c3ccc(N4CC5(CNC5)C4)nc3)cc2n1. The molecule has 0 aliphatic carbocycles. The molecule has 40 heavy (non-hydrogen) atoms. The molecule has 8 rings (SSSR count). The lowest BCUT2D eigenvalue weighted by Gasteiger charge is -2.56. The minimum atomic E-state index is -0.861. The molecule has 0 bridgehead atoms. The van der Waals surface area contributed by atoms with Gasteiger partial charge in [-0.05, 0) is 42.7 Å². The van der Waals surface area contributed by atoms with Gasteiger partial charge in [-0.15, -0.1) is 11.3 Å². The second kappa shape index (κ2) is 8.93. The van der Waals surface area contributed by atoms with Crippen LogP contribution in [0.25, 0.3) is 22.0 Å². The molecule has 10 nitrogen and oxygen atoms in total. The number of imidazole rings is 1. The summed E-state index contributed by atoms with van der Waals surface area (Å²) in [5.41, 5.74) is 4.01. The van der Waals surface area contributed by atoms with Gasteiger partial charge in [0.15, 0.2) is 11.2 Å².